The highest BCUT2D eigenvalue weighted by Gasteiger charge is 2.17. The molecule has 1 aliphatic heterocycles. The molecular weight excluding hydrogens is 274 g/mol. The van der Waals surface area contributed by atoms with Crippen LogP contribution >= 0.6 is 0 Å². The van der Waals surface area contributed by atoms with Crippen LogP contribution in [-0.2, 0) is 4.79 Å². The fourth-order valence-corrected chi connectivity index (χ4v) is 3.11. The van der Waals surface area contributed by atoms with Gasteiger partial charge < -0.3 is 15.1 Å². The van der Waals surface area contributed by atoms with Gasteiger partial charge >= 0.3 is 0 Å². The number of nitrogens with one attached hydrogen (secondary N) is 1. The molecule has 0 spiro atoms. The van der Waals surface area contributed by atoms with Crippen LogP contribution in [0.3, 0.4) is 0 Å². The van der Waals surface area contributed by atoms with Gasteiger partial charge in [0.05, 0.1) is 0 Å². The number of hydrogen-bond acceptors (Lipinski definition) is 3. The molecule has 0 radical (unpaired) electrons. The third kappa shape index (κ3) is 5.68. The number of nitrogens with zero attached hydrogens (tertiary/aromatic N) is 2. The van der Waals surface area contributed by atoms with E-state index in [1.54, 1.807) is 0 Å². The normalized spacial score (nSPS) is 18.9. The molecule has 2 rings (SSSR count). The predicted octanol–water partition coefficient (Wildman–Crippen LogP) is 2.36. The fourth-order valence-electron chi connectivity index (χ4n) is 3.11. The minimum atomic E-state index is 0.190. The van der Waals surface area contributed by atoms with Crippen molar-refractivity contribution in [3.63, 3.8) is 0 Å². The number of carbonyl (C=O) groups excluding carboxylic acids is 1. The molecule has 0 bridgehead atoms. The number of likely N-dealkylation sites (tertiary alicyclic amines) is 1. The second-order valence-electron chi connectivity index (χ2n) is 6.42. The molecule has 1 atom stereocenters. The average molecular weight is 303 g/mol. The van der Waals surface area contributed by atoms with E-state index in [1.807, 2.05) is 18.2 Å². The van der Waals surface area contributed by atoms with Gasteiger partial charge in [-0.1, -0.05) is 18.2 Å². The van der Waals surface area contributed by atoms with Crippen LogP contribution in [0.4, 0.5) is 5.69 Å². The number of para-hydroxylation sites is 1. The summed E-state index contributed by atoms with van der Waals surface area (Å²) in [6.07, 6.45) is 4.22. The first-order chi connectivity index (χ1) is 10.6. The first-order valence-corrected chi connectivity index (χ1v) is 8.36. The zero-order valence-corrected chi connectivity index (χ0v) is 13.9. The maximum absolute atomic E-state index is 11.9. The number of anilines is 1. The van der Waals surface area contributed by atoms with Crippen LogP contribution in [0.15, 0.2) is 30.3 Å². The van der Waals surface area contributed by atoms with E-state index in [2.05, 4.69) is 41.3 Å². The van der Waals surface area contributed by atoms with Crippen LogP contribution in [0, 0.1) is 5.92 Å². The molecule has 1 aromatic rings. The van der Waals surface area contributed by atoms with Gasteiger partial charge in [0.25, 0.3) is 0 Å². The maximum atomic E-state index is 11.9. The lowest BCUT2D eigenvalue weighted by Crippen LogP contribution is -2.35. The SMILES string of the molecule is CN1CCC[C@H](CCC(=O)NCCN(C)c2ccccc2)C1. The summed E-state index contributed by atoms with van der Waals surface area (Å²) >= 11 is 0. The summed E-state index contributed by atoms with van der Waals surface area (Å²) in [6, 6.07) is 10.3. The van der Waals surface area contributed by atoms with E-state index >= 15 is 0 Å². The molecule has 1 amide bonds. The van der Waals surface area contributed by atoms with Crippen LogP contribution in [0.25, 0.3) is 0 Å². The van der Waals surface area contributed by atoms with Crippen LogP contribution in [0.2, 0.25) is 0 Å². The minimum Gasteiger partial charge on any atom is -0.373 e. The van der Waals surface area contributed by atoms with Gasteiger partial charge in [-0.05, 0) is 50.9 Å². The summed E-state index contributed by atoms with van der Waals surface area (Å²) in [5, 5.41) is 3.04. The van der Waals surface area contributed by atoms with Crippen molar-refractivity contribution >= 4 is 11.6 Å². The largest absolute Gasteiger partial charge is 0.373 e. The van der Waals surface area contributed by atoms with Crippen molar-refractivity contribution in [1.82, 2.24) is 10.2 Å². The standard InChI is InChI=1S/C18H29N3O/c1-20-13-6-7-16(15-20)10-11-18(22)19-12-14-21(2)17-8-4-3-5-9-17/h3-5,8-9,16H,6-7,10-15H2,1-2H3,(H,19,22)/t16-/m1/s1. The summed E-state index contributed by atoms with van der Waals surface area (Å²) in [7, 11) is 4.23. The first-order valence-electron chi connectivity index (χ1n) is 8.36. The number of amides is 1. The first kappa shape index (κ1) is 16.8. The lowest BCUT2D eigenvalue weighted by atomic mass is 9.93. The molecule has 22 heavy (non-hydrogen) atoms. The number of carbonyl (C=O) groups is 1. The van der Waals surface area contributed by atoms with Crippen molar-refractivity contribution in [3.8, 4) is 0 Å². The van der Waals surface area contributed by atoms with Gasteiger partial charge in [0.1, 0.15) is 0 Å². The maximum Gasteiger partial charge on any atom is 0.220 e. The number of benzene rings is 1. The molecule has 1 fully saturated rings. The van der Waals surface area contributed by atoms with Crippen LogP contribution in [0.5, 0.6) is 0 Å². The van der Waals surface area contributed by atoms with Gasteiger partial charge in [-0.2, -0.15) is 0 Å². The molecular formula is C18H29N3O. The molecule has 4 heteroatoms. The molecule has 1 N–H and O–H groups in total. The smallest absolute Gasteiger partial charge is 0.220 e. The van der Waals surface area contributed by atoms with Crippen molar-refractivity contribution in [2.45, 2.75) is 25.7 Å². The van der Waals surface area contributed by atoms with Crippen LogP contribution in [-0.4, -0.2) is 51.1 Å². The van der Waals surface area contributed by atoms with Crippen molar-refractivity contribution in [2.75, 3.05) is 45.2 Å². The molecule has 1 saturated heterocycles. The Morgan fingerprint density at radius 3 is 2.86 bits per heavy atom. The van der Waals surface area contributed by atoms with Crippen LogP contribution in [0.1, 0.15) is 25.7 Å². The van der Waals surface area contributed by atoms with E-state index < -0.39 is 0 Å². The van der Waals surface area contributed by atoms with E-state index in [-0.39, 0.29) is 5.91 Å². The Morgan fingerprint density at radius 1 is 1.36 bits per heavy atom. The minimum absolute atomic E-state index is 0.190. The summed E-state index contributed by atoms with van der Waals surface area (Å²) in [5.74, 6) is 0.881. The molecule has 0 aliphatic carbocycles. The number of likely N-dealkylation sites (N-methyl/N-ethyl adjacent to an activating group) is 1. The van der Waals surface area contributed by atoms with E-state index in [0.29, 0.717) is 18.9 Å². The van der Waals surface area contributed by atoms with Gasteiger partial charge in [0.2, 0.25) is 5.91 Å². The van der Waals surface area contributed by atoms with Crippen molar-refractivity contribution in [3.05, 3.63) is 30.3 Å². The molecule has 0 unspecified atom stereocenters. The lowest BCUT2D eigenvalue weighted by molar-refractivity contribution is -0.121. The second kappa shape index (κ2) is 8.79. The Bertz CT molecular complexity index is 449. The lowest BCUT2D eigenvalue weighted by Gasteiger charge is -2.29. The zero-order valence-electron chi connectivity index (χ0n) is 13.9. The highest BCUT2D eigenvalue weighted by molar-refractivity contribution is 5.75. The van der Waals surface area contributed by atoms with Crippen LogP contribution < -0.4 is 10.2 Å². The number of hydrogen-bond donors (Lipinski definition) is 1. The van der Waals surface area contributed by atoms with Gasteiger partial charge in [-0.25, -0.2) is 0 Å². The Balaban J connectivity index is 1.59. The molecule has 1 heterocycles. The Kier molecular flexibility index (Phi) is 6.72. The second-order valence-corrected chi connectivity index (χ2v) is 6.42. The van der Waals surface area contributed by atoms with Gasteiger partial charge in [-0.3, -0.25) is 4.79 Å². The van der Waals surface area contributed by atoms with E-state index in [0.717, 1.165) is 19.5 Å². The summed E-state index contributed by atoms with van der Waals surface area (Å²) in [6.45, 7) is 3.88. The number of piperidine rings is 1. The molecule has 1 aliphatic rings. The van der Waals surface area contributed by atoms with E-state index in [9.17, 15) is 4.79 Å². The molecule has 1 aromatic carbocycles. The van der Waals surface area contributed by atoms with E-state index in [4.69, 9.17) is 0 Å². The monoisotopic (exact) mass is 303 g/mol. The predicted molar refractivity (Wildman–Crippen MR) is 92.2 cm³/mol. The van der Waals surface area contributed by atoms with Gasteiger partial charge in [0, 0.05) is 38.8 Å². The third-order valence-corrected chi connectivity index (χ3v) is 4.47. The Hall–Kier alpha value is -1.55. The topological polar surface area (TPSA) is 35.6 Å². The summed E-state index contributed by atoms with van der Waals surface area (Å²) in [4.78, 5) is 16.5. The van der Waals surface area contributed by atoms with Gasteiger partial charge in [0.15, 0.2) is 0 Å². The van der Waals surface area contributed by atoms with Gasteiger partial charge in [-0.15, -0.1) is 0 Å². The van der Waals surface area contributed by atoms with E-state index in [1.165, 1.54) is 25.1 Å². The molecule has 0 saturated carbocycles. The number of rotatable bonds is 7. The molecule has 4 nitrogen and oxygen atoms in total. The average Bonchev–Trinajstić information content (AvgIpc) is 2.54. The highest BCUT2D eigenvalue weighted by Crippen LogP contribution is 2.19. The fraction of sp³-hybridized carbons (Fsp3) is 0.611. The highest BCUT2D eigenvalue weighted by atomic mass is 16.1. The Labute approximate surface area is 134 Å². The quantitative estimate of drug-likeness (QED) is 0.840. The zero-order chi connectivity index (χ0) is 15.8. The Morgan fingerprint density at radius 2 is 2.14 bits per heavy atom. The van der Waals surface area contributed by atoms with Crippen molar-refractivity contribution in [2.24, 2.45) is 5.92 Å². The molecule has 122 valence electrons. The van der Waals surface area contributed by atoms with Crippen molar-refractivity contribution < 1.29 is 4.79 Å². The molecule has 0 aromatic heterocycles. The van der Waals surface area contributed by atoms with Crippen molar-refractivity contribution in [1.29, 1.82) is 0 Å². The third-order valence-electron chi connectivity index (χ3n) is 4.47. The summed E-state index contributed by atoms with van der Waals surface area (Å²) < 4.78 is 0. The summed E-state index contributed by atoms with van der Waals surface area (Å²) in [5.41, 5.74) is 1.18.